The Morgan fingerprint density at radius 3 is 2.68 bits per heavy atom. The van der Waals surface area contributed by atoms with Gasteiger partial charge in [0.25, 0.3) is 5.56 Å². The molecule has 0 unspecified atom stereocenters. The highest BCUT2D eigenvalue weighted by Gasteiger charge is 2.20. The highest BCUT2D eigenvalue weighted by atomic mass is 32.1. The van der Waals surface area contributed by atoms with Crippen LogP contribution in [0, 0.1) is 10.1 Å². The summed E-state index contributed by atoms with van der Waals surface area (Å²) in [4.78, 5) is 29.3. The van der Waals surface area contributed by atoms with E-state index < -0.39 is 4.92 Å². The van der Waals surface area contributed by atoms with Crippen molar-refractivity contribution in [1.82, 2.24) is 24.4 Å². The van der Waals surface area contributed by atoms with Gasteiger partial charge in [0, 0.05) is 23.4 Å². The Balaban J connectivity index is 1.51. The van der Waals surface area contributed by atoms with E-state index in [4.69, 9.17) is 14.3 Å². The van der Waals surface area contributed by atoms with Crippen LogP contribution in [0.1, 0.15) is 12.5 Å². The van der Waals surface area contributed by atoms with Crippen molar-refractivity contribution in [2.24, 2.45) is 0 Å². The van der Waals surface area contributed by atoms with E-state index in [1.807, 2.05) is 30.3 Å². The number of nitro groups is 1. The van der Waals surface area contributed by atoms with Crippen LogP contribution in [0.4, 0.5) is 5.69 Å². The molecule has 0 radical (unpaired) electrons. The summed E-state index contributed by atoms with van der Waals surface area (Å²) in [5, 5.41) is 20.7. The predicted molar refractivity (Wildman–Crippen MR) is 140 cm³/mol. The van der Waals surface area contributed by atoms with Crippen LogP contribution in [0.2, 0.25) is 0 Å². The highest BCUT2D eigenvalue weighted by molar-refractivity contribution is 7.15. The number of fused-ring (bicyclic) bond motifs is 1. The Kier molecular flexibility index (Phi) is 5.77. The van der Waals surface area contributed by atoms with Crippen LogP contribution in [-0.4, -0.2) is 35.9 Å². The largest absolute Gasteiger partial charge is 0.487 e. The van der Waals surface area contributed by atoms with Gasteiger partial charge in [0.15, 0.2) is 11.5 Å². The molecule has 6 aromatic rings. The van der Waals surface area contributed by atoms with Crippen LogP contribution in [0.25, 0.3) is 39.6 Å². The molecular weight excluding hydrogens is 508 g/mol. The van der Waals surface area contributed by atoms with Crippen molar-refractivity contribution in [3.05, 3.63) is 104 Å². The molecule has 0 bridgehead atoms. The van der Waals surface area contributed by atoms with E-state index in [2.05, 4.69) is 10.1 Å². The fraction of sp³-hybridized carbons (Fsp3) is 0.0769. The van der Waals surface area contributed by atoms with Crippen molar-refractivity contribution in [3.8, 4) is 34.3 Å². The molecule has 0 aliphatic rings. The van der Waals surface area contributed by atoms with E-state index in [0.29, 0.717) is 44.5 Å². The lowest BCUT2D eigenvalue weighted by molar-refractivity contribution is -0.385. The third kappa shape index (κ3) is 4.12. The minimum Gasteiger partial charge on any atom is -0.487 e. The maximum Gasteiger partial charge on any atom is 0.311 e. The topological polar surface area (TPSA) is 131 Å². The summed E-state index contributed by atoms with van der Waals surface area (Å²) in [6.45, 7) is 2.06. The molecule has 188 valence electrons. The van der Waals surface area contributed by atoms with E-state index in [-0.39, 0.29) is 17.0 Å². The number of benzene rings is 2. The van der Waals surface area contributed by atoms with Gasteiger partial charge in [-0.2, -0.15) is 14.6 Å². The quantitative estimate of drug-likeness (QED) is 0.224. The van der Waals surface area contributed by atoms with Gasteiger partial charge in [0.05, 0.1) is 28.0 Å². The molecule has 0 saturated carbocycles. The number of aromatic nitrogens is 5. The second-order valence-corrected chi connectivity index (χ2v) is 9.12. The van der Waals surface area contributed by atoms with Crippen molar-refractivity contribution >= 4 is 28.1 Å². The lowest BCUT2D eigenvalue weighted by Gasteiger charge is -2.06. The van der Waals surface area contributed by atoms with Crippen molar-refractivity contribution in [2.75, 3.05) is 6.61 Å². The zero-order valence-electron chi connectivity index (χ0n) is 19.8. The number of para-hydroxylation sites is 1. The number of thiazole rings is 1. The molecule has 0 amide bonds. The van der Waals surface area contributed by atoms with Gasteiger partial charge in [0.1, 0.15) is 5.69 Å². The Morgan fingerprint density at radius 1 is 1.13 bits per heavy atom. The fourth-order valence-corrected chi connectivity index (χ4v) is 4.90. The van der Waals surface area contributed by atoms with Crippen LogP contribution < -0.4 is 14.8 Å². The van der Waals surface area contributed by atoms with Crippen LogP contribution in [0.15, 0.2) is 82.3 Å². The first kappa shape index (κ1) is 23.3. The fourth-order valence-electron chi connectivity index (χ4n) is 4.00. The zero-order valence-corrected chi connectivity index (χ0v) is 20.7. The molecule has 6 rings (SSSR count). The van der Waals surface area contributed by atoms with Crippen molar-refractivity contribution in [2.45, 2.75) is 6.92 Å². The smallest absolute Gasteiger partial charge is 0.311 e. The Labute approximate surface area is 218 Å². The maximum absolute atomic E-state index is 13.2. The standard InChI is InChI=1S/C26H18N6O5S/c1-2-36-20-11-10-16(13-19(20)32(34)35)23-17(15-30(28-23)18-7-4-3-5-8-18)14-22-25(33)31-26(38-22)27-24(29-31)21-9-6-12-37-21/h3-15H,2H2,1H3. The molecule has 38 heavy (non-hydrogen) atoms. The lowest BCUT2D eigenvalue weighted by Crippen LogP contribution is -2.23. The van der Waals surface area contributed by atoms with Gasteiger partial charge in [-0.1, -0.05) is 29.5 Å². The van der Waals surface area contributed by atoms with Gasteiger partial charge in [-0.15, -0.1) is 5.10 Å². The van der Waals surface area contributed by atoms with Gasteiger partial charge < -0.3 is 9.15 Å². The molecular formula is C26H18N6O5S. The average Bonchev–Trinajstić information content (AvgIpc) is 3.72. The monoisotopic (exact) mass is 526 g/mol. The summed E-state index contributed by atoms with van der Waals surface area (Å²) in [6, 6.07) is 17.6. The summed E-state index contributed by atoms with van der Waals surface area (Å²) >= 11 is 1.18. The van der Waals surface area contributed by atoms with E-state index in [1.54, 1.807) is 48.1 Å². The first-order chi connectivity index (χ1) is 18.5. The number of ether oxygens (including phenoxy) is 1. The van der Waals surface area contributed by atoms with E-state index >= 15 is 0 Å². The SMILES string of the molecule is CCOc1ccc(-c2nn(-c3ccccc3)cc2C=c2sc3nc(-c4ccco4)nn3c2=O)cc1[N+](=O)[O-]. The van der Waals surface area contributed by atoms with Gasteiger partial charge in [0.2, 0.25) is 10.8 Å². The summed E-state index contributed by atoms with van der Waals surface area (Å²) in [6.07, 6.45) is 4.98. The molecule has 0 fully saturated rings. The van der Waals surface area contributed by atoms with Crippen LogP contribution >= 0.6 is 11.3 Å². The molecule has 11 nitrogen and oxygen atoms in total. The number of furan rings is 1. The summed E-state index contributed by atoms with van der Waals surface area (Å²) < 4.78 is 14.1. The number of rotatable bonds is 7. The Bertz CT molecular complexity index is 1890. The maximum atomic E-state index is 13.2. The third-order valence-electron chi connectivity index (χ3n) is 5.70. The van der Waals surface area contributed by atoms with E-state index in [9.17, 15) is 14.9 Å². The second kappa shape index (κ2) is 9.41. The van der Waals surface area contributed by atoms with E-state index in [1.165, 1.54) is 28.2 Å². The summed E-state index contributed by atoms with van der Waals surface area (Å²) in [5.41, 5.74) is 1.86. The van der Waals surface area contributed by atoms with Crippen molar-refractivity contribution in [3.63, 3.8) is 0 Å². The molecule has 12 heteroatoms. The number of hydrogen-bond acceptors (Lipinski definition) is 9. The zero-order chi connectivity index (χ0) is 26.2. The molecule has 0 saturated heterocycles. The first-order valence-electron chi connectivity index (χ1n) is 11.5. The molecule has 4 heterocycles. The predicted octanol–water partition coefficient (Wildman–Crippen LogP) is 4.12. The first-order valence-corrected chi connectivity index (χ1v) is 12.4. The van der Waals surface area contributed by atoms with Crippen molar-refractivity contribution in [1.29, 1.82) is 0 Å². The Morgan fingerprint density at radius 2 is 1.97 bits per heavy atom. The molecule has 4 aromatic heterocycles. The molecule has 2 aromatic carbocycles. The third-order valence-corrected chi connectivity index (χ3v) is 6.66. The minimum absolute atomic E-state index is 0.168. The second-order valence-electron chi connectivity index (χ2n) is 8.11. The molecule has 0 atom stereocenters. The van der Waals surface area contributed by atoms with E-state index in [0.717, 1.165) is 5.69 Å². The van der Waals surface area contributed by atoms with Crippen LogP contribution in [0.3, 0.4) is 0 Å². The normalized spacial score (nSPS) is 11.9. The molecule has 0 N–H and O–H groups in total. The van der Waals surface area contributed by atoms with Crippen LogP contribution in [0.5, 0.6) is 5.75 Å². The van der Waals surface area contributed by atoms with Gasteiger partial charge in [-0.3, -0.25) is 14.9 Å². The molecule has 0 aliphatic carbocycles. The summed E-state index contributed by atoms with van der Waals surface area (Å²) in [5.74, 6) is 0.965. The average molecular weight is 527 g/mol. The lowest BCUT2D eigenvalue weighted by atomic mass is 10.1. The number of hydrogen-bond donors (Lipinski definition) is 0. The highest BCUT2D eigenvalue weighted by Crippen LogP contribution is 2.34. The minimum atomic E-state index is -0.488. The Hall–Kier alpha value is -5.10. The molecule has 0 aliphatic heterocycles. The van der Waals surface area contributed by atoms with Crippen molar-refractivity contribution < 1.29 is 14.1 Å². The summed E-state index contributed by atoms with van der Waals surface area (Å²) in [7, 11) is 0. The number of nitrogens with zero attached hydrogens (tertiary/aromatic N) is 6. The van der Waals surface area contributed by atoms with Gasteiger partial charge >= 0.3 is 5.69 Å². The van der Waals surface area contributed by atoms with Gasteiger partial charge in [-0.25, -0.2) is 4.68 Å². The molecule has 0 spiro atoms. The van der Waals surface area contributed by atoms with Gasteiger partial charge in [-0.05, 0) is 49.4 Å². The number of nitro benzene ring substituents is 1. The van der Waals surface area contributed by atoms with Crippen LogP contribution in [-0.2, 0) is 0 Å².